The quantitative estimate of drug-likeness (QED) is 0.0262. The minimum atomic E-state index is -0.808. The topological polar surface area (TPSA) is 78.9 Å². The Kier molecular flexibility index (Phi) is 52.5. The molecule has 0 aliphatic rings. The zero-order valence-corrected chi connectivity index (χ0v) is 44.3. The monoisotopic (exact) mass is 953 g/mol. The summed E-state index contributed by atoms with van der Waals surface area (Å²) in [6.07, 6.45) is 78.9. The summed E-state index contributed by atoms with van der Waals surface area (Å²) in [5.74, 6) is -0.987. The number of unbranched alkanes of at least 4 members (excludes halogenated alkanes) is 15. The Morgan fingerprint density at radius 1 is 0.304 bits per heavy atom. The van der Waals surface area contributed by atoms with Gasteiger partial charge in [0, 0.05) is 19.3 Å². The van der Waals surface area contributed by atoms with Gasteiger partial charge in [0.2, 0.25) is 0 Å². The number of rotatable bonds is 48. The number of carbonyl (C=O) groups is 3. The molecular formula is C63H100O6. The van der Waals surface area contributed by atoms with Crippen molar-refractivity contribution in [2.75, 3.05) is 13.2 Å². The molecule has 1 unspecified atom stereocenters. The van der Waals surface area contributed by atoms with Crippen molar-refractivity contribution < 1.29 is 28.6 Å². The molecule has 0 aromatic heterocycles. The van der Waals surface area contributed by atoms with E-state index in [-0.39, 0.29) is 37.5 Å². The zero-order chi connectivity index (χ0) is 50.0. The lowest BCUT2D eigenvalue weighted by atomic mass is 10.1. The molecule has 0 rings (SSSR count). The second-order valence-electron chi connectivity index (χ2n) is 17.7. The van der Waals surface area contributed by atoms with Crippen LogP contribution in [-0.4, -0.2) is 37.2 Å². The Morgan fingerprint density at radius 3 is 0.942 bits per heavy atom. The molecule has 0 N–H and O–H groups in total. The molecular weight excluding hydrogens is 853 g/mol. The normalized spacial score (nSPS) is 13.1. The first-order valence-corrected chi connectivity index (χ1v) is 27.7. The van der Waals surface area contributed by atoms with Gasteiger partial charge in [-0.25, -0.2) is 0 Å². The predicted octanol–water partition coefficient (Wildman–Crippen LogP) is 18.6. The van der Waals surface area contributed by atoms with E-state index >= 15 is 0 Å². The Balaban J connectivity index is 4.37. The van der Waals surface area contributed by atoms with Gasteiger partial charge in [0.15, 0.2) is 6.10 Å². The highest BCUT2D eigenvalue weighted by molar-refractivity contribution is 5.71. The maximum Gasteiger partial charge on any atom is 0.306 e. The van der Waals surface area contributed by atoms with Gasteiger partial charge in [0.1, 0.15) is 13.2 Å². The van der Waals surface area contributed by atoms with Crippen LogP contribution >= 0.6 is 0 Å². The number of esters is 3. The number of hydrogen-bond donors (Lipinski definition) is 0. The maximum absolute atomic E-state index is 12.8. The van der Waals surface area contributed by atoms with E-state index < -0.39 is 6.10 Å². The third kappa shape index (κ3) is 54.4. The first kappa shape index (κ1) is 64.5. The molecule has 6 nitrogen and oxygen atoms in total. The van der Waals surface area contributed by atoms with Crippen LogP contribution in [0.1, 0.15) is 226 Å². The summed E-state index contributed by atoms with van der Waals surface area (Å²) >= 11 is 0. The lowest BCUT2D eigenvalue weighted by molar-refractivity contribution is -0.167. The van der Waals surface area contributed by atoms with E-state index in [1.54, 1.807) is 0 Å². The highest BCUT2D eigenvalue weighted by atomic mass is 16.6. The van der Waals surface area contributed by atoms with Crippen LogP contribution in [0.3, 0.4) is 0 Å². The van der Waals surface area contributed by atoms with Crippen molar-refractivity contribution in [3.63, 3.8) is 0 Å². The van der Waals surface area contributed by atoms with Crippen LogP contribution in [0.25, 0.3) is 0 Å². The Hall–Kier alpha value is -4.45. The second-order valence-corrected chi connectivity index (χ2v) is 17.7. The molecule has 0 radical (unpaired) electrons. The van der Waals surface area contributed by atoms with E-state index in [1.807, 2.05) is 0 Å². The van der Waals surface area contributed by atoms with E-state index in [4.69, 9.17) is 14.2 Å². The fraction of sp³-hybridized carbons (Fsp3) is 0.603. The molecule has 0 aromatic rings. The van der Waals surface area contributed by atoms with Gasteiger partial charge < -0.3 is 14.2 Å². The minimum Gasteiger partial charge on any atom is -0.462 e. The van der Waals surface area contributed by atoms with Gasteiger partial charge in [0.05, 0.1) is 0 Å². The molecule has 0 saturated heterocycles. The number of ether oxygens (including phenoxy) is 3. The van der Waals surface area contributed by atoms with Crippen molar-refractivity contribution in [2.45, 2.75) is 232 Å². The Morgan fingerprint density at radius 2 is 0.580 bits per heavy atom. The third-order valence-electron chi connectivity index (χ3n) is 11.2. The Labute approximate surface area is 424 Å². The van der Waals surface area contributed by atoms with E-state index in [0.717, 1.165) is 122 Å². The summed E-state index contributed by atoms with van der Waals surface area (Å²) in [5.41, 5.74) is 0. The fourth-order valence-electron chi connectivity index (χ4n) is 7.07. The fourth-order valence-corrected chi connectivity index (χ4v) is 7.07. The highest BCUT2D eigenvalue weighted by Gasteiger charge is 2.19. The molecule has 0 heterocycles. The van der Waals surface area contributed by atoms with Gasteiger partial charge in [-0.15, -0.1) is 0 Å². The van der Waals surface area contributed by atoms with Gasteiger partial charge in [-0.3, -0.25) is 14.4 Å². The molecule has 0 saturated carbocycles. The van der Waals surface area contributed by atoms with Crippen LogP contribution in [0.5, 0.6) is 0 Å². The van der Waals surface area contributed by atoms with Crippen molar-refractivity contribution in [1.29, 1.82) is 0 Å². The molecule has 0 fully saturated rings. The average molecular weight is 953 g/mol. The van der Waals surface area contributed by atoms with E-state index in [0.29, 0.717) is 19.3 Å². The molecule has 6 heteroatoms. The standard InChI is InChI=1S/C63H100O6/c1-4-7-10-13-16-18-20-22-24-26-28-30-31-33-34-36-38-40-42-44-47-50-53-56-62(65)68-59-60(58-67-61(64)55-52-49-46-15-12-9-6-3)69-63(66)57-54-51-48-45-43-41-39-37-35-32-29-27-25-23-21-19-17-14-11-8-5-2/h7-8,10-11,16-19,22-25,28-30,32-34,38,40,44,47,60H,4-6,9,12-15,20-21,26-27,31,35-37,39,41-43,45-46,48-59H2,1-3H3/b10-7-,11-8-,18-16-,19-17-,24-22-,25-23-,30-28-,32-29-,34-33-,40-38-,47-44-. The van der Waals surface area contributed by atoms with E-state index in [2.05, 4.69) is 154 Å². The molecule has 0 aromatic carbocycles. The maximum atomic E-state index is 12.8. The van der Waals surface area contributed by atoms with Gasteiger partial charge in [-0.2, -0.15) is 0 Å². The van der Waals surface area contributed by atoms with Gasteiger partial charge >= 0.3 is 17.9 Å². The summed E-state index contributed by atoms with van der Waals surface area (Å²) in [6.45, 7) is 6.30. The number of carbonyl (C=O) groups excluding carboxylic acids is 3. The van der Waals surface area contributed by atoms with E-state index in [1.165, 1.54) is 57.8 Å². The van der Waals surface area contributed by atoms with Gasteiger partial charge in [-0.1, -0.05) is 231 Å². The van der Waals surface area contributed by atoms with Crippen molar-refractivity contribution in [2.24, 2.45) is 0 Å². The smallest absolute Gasteiger partial charge is 0.306 e. The largest absolute Gasteiger partial charge is 0.462 e. The third-order valence-corrected chi connectivity index (χ3v) is 11.2. The van der Waals surface area contributed by atoms with Crippen molar-refractivity contribution >= 4 is 17.9 Å². The second kappa shape index (κ2) is 56.1. The number of allylic oxidation sites excluding steroid dienone is 22. The van der Waals surface area contributed by atoms with Crippen LogP contribution in [-0.2, 0) is 28.6 Å². The van der Waals surface area contributed by atoms with Gasteiger partial charge in [-0.05, 0) is 109 Å². The van der Waals surface area contributed by atoms with Crippen molar-refractivity contribution in [3.8, 4) is 0 Å². The average Bonchev–Trinajstić information content (AvgIpc) is 3.35. The van der Waals surface area contributed by atoms with Crippen LogP contribution in [0.2, 0.25) is 0 Å². The molecule has 388 valence electrons. The highest BCUT2D eigenvalue weighted by Crippen LogP contribution is 2.13. The van der Waals surface area contributed by atoms with Crippen molar-refractivity contribution in [1.82, 2.24) is 0 Å². The van der Waals surface area contributed by atoms with E-state index in [9.17, 15) is 14.4 Å². The molecule has 1 atom stereocenters. The Bertz CT molecular complexity index is 1510. The van der Waals surface area contributed by atoms with Crippen LogP contribution in [0, 0.1) is 0 Å². The molecule has 0 aliphatic heterocycles. The SMILES string of the molecule is CC/C=C\C/C=C\C/C=C\C/C=C\C/C=C\C/C=C\C/C=C\CCCC(=O)OCC(COC(=O)CCCCCCCCC)OC(=O)CCCCCCCCCC/C=C\C/C=C\C/C=C\C/C=C\CC. The summed E-state index contributed by atoms with van der Waals surface area (Å²) in [7, 11) is 0. The van der Waals surface area contributed by atoms with Gasteiger partial charge in [0.25, 0.3) is 0 Å². The predicted molar refractivity (Wildman–Crippen MR) is 297 cm³/mol. The lowest BCUT2D eigenvalue weighted by Gasteiger charge is -2.18. The zero-order valence-electron chi connectivity index (χ0n) is 44.3. The molecule has 0 aliphatic carbocycles. The first-order valence-electron chi connectivity index (χ1n) is 27.7. The first-order chi connectivity index (χ1) is 34.0. The molecule has 0 spiro atoms. The van der Waals surface area contributed by atoms with Crippen LogP contribution in [0.4, 0.5) is 0 Å². The summed E-state index contributed by atoms with van der Waals surface area (Å²) in [6, 6.07) is 0. The van der Waals surface area contributed by atoms with Crippen molar-refractivity contribution in [3.05, 3.63) is 134 Å². The summed E-state index contributed by atoms with van der Waals surface area (Å²) < 4.78 is 16.7. The minimum absolute atomic E-state index is 0.103. The van der Waals surface area contributed by atoms with Crippen LogP contribution in [0.15, 0.2) is 134 Å². The summed E-state index contributed by atoms with van der Waals surface area (Å²) in [5, 5.41) is 0. The molecule has 0 amide bonds. The summed E-state index contributed by atoms with van der Waals surface area (Å²) in [4.78, 5) is 37.9. The molecule has 0 bridgehead atoms. The van der Waals surface area contributed by atoms with Crippen LogP contribution < -0.4 is 0 Å². The number of hydrogen-bond acceptors (Lipinski definition) is 6. The molecule has 69 heavy (non-hydrogen) atoms. The lowest BCUT2D eigenvalue weighted by Crippen LogP contribution is -2.30.